The van der Waals surface area contributed by atoms with Gasteiger partial charge in [0.1, 0.15) is 0 Å². The highest BCUT2D eigenvalue weighted by Crippen LogP contribution is 2.35. The van der Waals surface area contributed by atoms with E-state index in [9.17, 15) is 0 Å². The fraction of sp³-hybridized carbons (Fsp3) is 0.625. The SMILES string of the molecule is CCC(C)CC(CC)NCc1cccc2c1OCO2. The molecule has 1 aromatic rings. The Kier molecular flexibility index (Phi) is 5.08. The smallest absolute Gasteiger partial charge is 0.231 e. The minimum Gasteiger partial charge on any atom is -0.454 e. The van der Waals surface area contributed by atoms with Crippen molar-refractivity contribution in [2.75, 3.05) is 6.79 Å². The van der Waals surface area contributed by atoms with Crippen LogP contribution in [0.5, 0.6) is 11.5 Å². The molecule has 1 N–H and O–H groups in total. The van der Waals surface area contributed by atoms with Crippen LogP contribution >= 0.6 is 0 Å². The summed E-state index contributed by atoms with van der Waals surface area (Å²) < 4.78 is 10.9. The lowest BCUT2D eigenvalue weighted by Crippen LogP contribution is -2.29. The molecule has 2 atom stereocenters. The third-order valence-corrected chi connectivity index (χ3v) is 3.94. The van der Waals surface area contributed by atoms with Gasteiger partial charge in [0.2, 0.25) is 6.79 Å². The second kappa shape index (κ2) is 6.80. The lowest BCUT2D eigenvalue weighted by Gasteiger charge is -2.20. The van der Waals surface area contributed by atoms with Gasteiger partial charge in [-0.25, -0.2) is 0 Å². The predicted octanol–water partition coefficient (Wildman–Crippen LogP) is 3.72. The predicted molar refractivity (Wildman–Crippen MR) is 77.6 cm³/mol. The van der Waals surface area contributed by atoms with Crippen molar-refractivity contribution in [2.24, 2.45) is 5.92 Å². The van der Waals surface area contributed by atoms with Gasteiger partial charge in [-0.15, -0.1) is 0 Å². The van der Waals surface area contributed by atoms with Gasteiger partial charge in [0.15, 0.2) is 11.5 Å². The first-order chi connectivity index (χ1) is 9.24. The van der Waals surface area contributed by atoms with Crippen molar-refractivity contribution >= 4 is 0 Å². The molecule has 3 nitrogen and oxygen atoms in total. The Morgan fingerprint density at radius 3 is 2.79 bits per heavy atom. The Morgan fingerprint density at radius 2 is 2.05 bits per heavy atom. The Labute approximate surface area is 116 Å². The number of rotatable bonds is 7. The molecule has 0 saturated heterocycles. The standard InChI is InChI=1S/C16H25NO2/c1-4-12(3)9-14(5-2)17-10-13-7-6-8-15-16(13)19-11-18-15/h6-8,12,14,17H,4-5,9-11H2,1-3H3. The number of nitrogens with one attached hydrogen (secondary N) is 1. The van der Waals surface area contributed by atoms with Gasteiger partial charge in [-0.2, -0.15) is 0 Å². The number of para-hydroxylation sites is 1. The van der Waals surface area contributed by atoms with E-state index in [0.717, 1.165) is 30.4 Å². The van der Waals surface area contributed by atoms with Crippen molar-refractivity contribution in [3.63, 3.8) is 0 Å². The molecule has 0 aliphatic carbocycles. The zero-order valence-electron chi connectivity index (χ0n) is 12.2. The molecule has 0 bridgehead atoms. The number of ether oxygens (including phenoxy) is 2. The van der Waals surface area contributed by atoms with Crippen molar-refractivity contribution < 1.29 is 9.47 Å². The average Bonchev–Trinajstić information content (AvgIpc) is 2.91. The Bertz CT molecular complexity index is 406. The molecule has 0 spiro atoms. The molecule has 1 aliphatic rings. The third-order valence-electron chi connectivity index (χ3n) is 3.94. The van der Waals surface area contributed by atoms with E-state index < -0.39 is 0 Å². The second-order valence-electron chi connectivity index (χ2n) is 5.39. The van der Waals surface area contributed by atoms with Crippen LogP contribution in [-0.4, -0.2) is 12.8 Å². The highest BCUT2D eigenvalue weighted by molar-refractivity contribution is 5.48. The third kappa shape index (κ3) is 3.63. The van der Waals surface area contributed by atoms with Gasteiger partial charge in [-0.05, 0) is 24.8 Å². The topological polar surface area (TPSA) is 30.5 Å². The summed E-state index contributed by atoms with van der Waals surface area (Å²) in [6.07, 6.45) is 3.64. The van der Waals surface area contributed by atoms with Crippen molar-refractivity contribution in [3.8, 4) is 11.5 Å². The molecule has 106 valence electrons. The molecule has 0 aromatic heterocycles. The quantitative estimate of drug-likeness (QED) is 0.813. The van der Waals surface area contributed by atoms with Gasteiger partial charge in [0.05, 0.1) is 0 Å². The highest BCUT2D eigenvalue weighted by atomic mass is 16.7. The van der Waals surface area contributed by atoms with E-state index >= 15 is 0 Å². The molecule has 1 aliphatic heterocycles. The van der Waals surface area contributed by atoms with Crippen LogP contribution in [-0.2, 0) is 6.54 Å². The van der Waals surface area contributed by atoms with Gasteiger partial charge in [-0.1, -0.05) is 39.3 Å². The van der Waals surface area contributed by atoms with Crippen LogP contribution in [0.4, 0.5) is 0 Å². The lowest BCUT2D eigenvalue weighted by atomic mass is 9.97. The molecule has 1 aromatic carbocycles. The van der Waals surface area contributed by atoms with Gasteiger partial charge in [0.25, 0.3) is 0 Å². The summed E-state index contributed by atoms with van der Waals surface area (Å²) in [6.45, 7) is 8.02. The first kappa shape index (κ1) is 14.2. The van der Waals surface area contributed by atoms with Crippen molar-refractivity contribution in [3.05, 3.63) is 23.8 Å². The summed E-state index contributed by atoms with van der Waals surface area (Å²) in [5.41, 5.74) is 1.19. The Balaban J connectivity index is 1.92. The fourth-order valence-electron chi connectivity index (χ4n) is 2.43. The summed E-state index contributed by atoms with van der Waals surface area (Å²) >= 11 is 0. The number of fused-ring (bicyclic) bond motifs is 1. The van der Waals surface area contributed by atoms with E-state index in [2.05, 4.69) is 32.2 Å². The van der Waals surface area contributed by atoms with Crippen molar-refractivity contribution in [2.45, 2.75) is 52.6 Å². The van der Waals surface area contributed by atoms with Crippen LogP contribution < -0.4 is 14.8 Å². The second-order valence-corrected chi connectivity index (χ2v) is 5.39. The first-order valence-corrected chi connectivity index (χ1v) is 7.35. The van der Waals surface area contributed by atoms with E-state index in [1.807, 2.05) is 12.1 Å². The molecule has 0 saturated carbocycles. The number of benzene rings is 1. The zero-order chi connectivity index (χ0) is 13.7. The number of hydrogen-bond acceptors (Lipinski definition) is 3. The molecule has 2 unspecified atom stereocenters. The maximum absolute atomic E-state index is 5.54. The highest BCUT2D eigenvalue weighted by Gasteiger charge is 2.18. The van der Waals surface area contributed by atoms with Gasteiger partial charge in [0, 0.05) is 18.2 Å². The summed E-state index contributed by atoms with van der Waals surface area (Å²) in [6, 6.07) is 6.67. The minimum atomic E-state index is 0.344. The van der Waals surface area contributed by atoms with Crippen LogP contribution in [0.1, 0.15) is 45.6 Å². The molecule has 0 amide bonds. The van der Waals surface area contributed by atoms with E-state index in [1.54, 1.807) is 0 Å². The fourth-order valence-corrected chi connectivity index (χ4v) is 2.43. The monoisotopic (exact) mass is 263 g/mol. The normalized spacial score (nSPS) is 16.4. The molecule has 3 heteroatoms. The summed E-state index contributed by atoms with van der Waals surface area (Å²) in [4.78, 5) is 0. The van der Waals surface area contributed by atoms with Crippen LogP contribution in [0, 0.1) is 5.92 Å². The largest absolute Gasteiger partial charge is 0.454 e. The van der Waals surface area contributed by atoms with Gasteiger partial charge < -0.3 is 14.8 Å². The summed E-state index contributed by atoms with van der Waals surface area (Å²) in [5.74, 6) is 2.56. The minimum absolute atomic E-state index is 0.344. The van der Waals surface area contributed by atoms with Crippen molar-refractivity contribution in [1.29, 1.82) is 0 Å². The van der Waals surface area contributed by atoms with Crippen LogP contribution in [0.3, 0.4) is 0 Å². The van der Waals surface area contributed by atoms with E-state index in [1.165, 1.54) is 18.4 Å². The Morgan fingerprint density at radius 1 is 1.21 bits per heavy atom. The van der Waals surface area contributed by atoms with E-state index in [-0.39, 0.29) is 0 Å². The summed E-state index contributed by atoms with van der Waals surface area (Å²) in [7, 11) is 0. The maximum Gasteiger partial charge on any atom is 0.231 e. The molecule has 2 rings (SSSR count). The first-order valence-electron chi connectivity index (χ1n) is 7.35. The molecule has 19 heavy (non-hydrogen) atoms. The Hall–Kier alpha value is -1.22. The van der Waals surface area contributed by atoms with Crippen LogP contribution in [0.25, 0.3) is 0 Å². The van der Waals surface area contributed by atoms with Gasteiger partial charge >= 0.3 is 0 Å². The molecular formula is C16H25NO2. The number of hydrogen-bond donors (Lipinski definition) is 1. The summed E-state index contributed by atoms with van der Waals surface area (Å²) in [5, 5.41) is 3.65. The lowest BCUT2D eigenvalue weighted by molar-refractivity contribution is 0.173. The maximum atomic E-state index is 5.54. The average molecular weight is 263 g/mol. The van der Waals surface area contributed by atoms with Crippen molar-refractivity contribution in [1.82, 2.24) is 5.32 Å². The van der Waals surface area contributed by atoms with Gasteiger partial charge in [-0.3, -0.25) is 0 Å². The molecule has 0 fully saturated rings. The van der Waals surface area contributed by atoms with E-state index in [0.29, 0.717) is 12.8 Å². The molecular weight excluding hydrogens is 238 g/mol. The van der Waals surface area contributed by atoms with E-state index in [4.69, 9.17) is 9.47 Å². The van der Waals surface area contributed by atoms with Crippen LogP contribution in [0.15, 0.2) is 18.2 Å². The zero-order valence-corrected chi connectivity index (χ0v) is 12.2. The molecule has 1 heterocycles. The van der Waals surface area contributed by atoms with Crippen LogP contribution in [0.2, 0.25) is 0 Å². The molecule has 0 radical (unpaired) electrons.